The Morgan fingerprint density at radius 1 is 1.18 bits per heavy atom. The largest absolute Gasteiger partial charge is 0.271 e. The number of thioether (sulfide) groups is 1. The van der Waals surface area contributed by atoms with E-state index in [9.17, 15) is 4.79 Å². The zero-order valence-electron chi connectivity index (χ0n) is 15.1. The lowest BCUT2D eigenvalue weighted by molar-refractivity contribution is 0.0955. The van der Waals surface area contributed by atoms with Crippen LogP contribution in [0.2, 0.25) is 0 Å². The van der Waals surface area contributed by atoms with Crippen LogP contribution in [-0.4, -0.2) is 17.1 Å². The highest BCUT2D eigenvalue weighted by Gasteiger charge is 2.07. The molecule has 140 valence electrons. The van der Waals surface area contributed by atoms with Crippen molar-refractivity contribution in [2.24, 2.45) is 5.10 Å². The predicted molar refractivity (Wildman–Crippen MR) is 120 cm³/mol. The van der Waals surface area contributed by atoms with Crippen molar-refractivity contribution >= 4 is 56.8 Å². The molecular formula is C21H17N3OS3. The summed E-state index contributed by atoms with van der Waals surface area (Å²) in [7, 11) is 0. The van der Waals surface area contributed by atoms with E-state index in [1.165, 1.54) is 4.70 Å². The smallest absolute Gasteiger partial charge is 0.267 e. The van der Waals surface area contributed by atoms with Crippen molar-refractivity contribution < 1.29 is 4.79 Å². The van der Waals surface area contributed by atoms with E-state index >= 15 is 0 Å². The van der Waals surface area contributed by atoms with E-state index in [1.54, 1.807) is 40.7 Å². The minimum absolute atomic E-state index is 0.212. The van der Waals surface area contributed by atoms with E-state index in [4.69, 9.17) is 0 Å². The second-order valence-electron chi connectivity index (χ2n) is 6.10. The monoisotopic (exact) mass is 423 g/mol. The fourth-order valence-electron chi connectivity index (χ4n) is 2.54. The number of thiazole rings is 1. The SMILES string of the molecule is Cc1ccsc1C=NNC(=O)c1ccc(CSc2nc3ccccc3s2)cc1. The Balaban J connectivity index is 1.33. The number of aromatic nitrogens is 1. The number of benzene rings is 2. The molecule has 7 heteroatoms. The maximum atomic E-state index is 12.2. The van der Waals surface area contributed by atoms with Crippen LogP contribution in [0.3, 0.4) is 0 Å². The summed E-state index contributed by atoms with van der Waals surface area (Å²) in [6.07, 6.45) is 1.68. The zero-order valence-corrected chi connectivity index (χ0v) is 17.5. The highest BCUT2D eigenvalue weighted by molar-refractivity contribution is 8.00. The Morgan fingerprint density at radius 2 is 2.00 bits per heavy atom. The molecule has 0 unspecified atom stereocenters. The van der Waals surface area contributed by atoms with Crippen molar-refractivity contribution in [1.29, 1.82) is 0 Å². The van der Waals surface area contributed by atoms with Crippen LogP contribution < -0.4 is 5.43 Å². The highest BCUT2D eigenvalue weighted by Crippen LogP contribution is 2.31. The third kappa shape index (κ3) is 4.49. The summed E-state index contributed by atoms with van der Waals surface area (Å²) in [6, 6.07) is 17.8. The predicted octanol–water partition coefficient (Wildman–Crippen LogP) is 5.72. The Hall–Kier alpha value is -2.48. The molecular weight excluding hydrogens is 406 g/mol. The van der Waals surface area contributed by atoms with Gasteiger partial charge in [-0.25, -0.2) is 10.4 Å². The number of hydrazone groups is 1. The van der Waals surface area contributed by atoms with Crippen molar-refractivity contribution in [2.45, 2.75) is 17.0 Å². The molecule has 0 saturated heterocycles. The van der Waals surface area contributed by atoms with Gasteiger partial charge in [0.2, 0.25) is 0 Å². The molecule has 2 aromatic carbocycles. The molecule has 0 aliphatic carbocycles. The van der Waals surface area contributed by atoms with Gasteiger partial charge in [-0.05, 0) is 53.8 Å². The second-order valence-corrected chi connectivity index (χ2v) is 9.30. The fraction of sp³-hybridized carbons (Fsp3) is 0.0952. The molecule has 1 amide bonds. The van der Waals surface area contributed by atoms with Crippen LogP contribution in [0.1, 0.15) is 26.4 Å². The molecule has 0 fully saturated rings. The van der Waals surface area contributed by atoms with Crippen LogP contribution in [0, 0.1) is 6.92 Å². The molecule has 28 heavy (non-hydrogen) atoms. The van der Waals surface area contributed by atoms with Crippen molar-refractivity contribution in [3.05, 3.63) is 81.5 Å². The van der Waals surface area contributed by atoms with Gasteiger partial charge in [0.1, 0.15) is 0 Å². The normalized spacial score (nSPS) is 11.3. The molecule has 0 saturated carbocycles. The maximum Gasteiger partial charge on any atom is 0.271 e. The number of para-hydroxylation sites is 1. The molecule has 0 atom stereocenters. The number of hydrogen-bond acceptors (Lipinski definition) is 6. The number of thiophene rings is 1. The summed E-state index contributed by atoms with van der Waals surface area (Å²) in [6.45, 7) is 2.02. The quantitative estimate of drug-likeness (QED) is 0.245. The number of nitrogens with one attached hydrogen (secondary N) is 1. The van der Waals surface area contributed by atoms with Gasteiger partial charge in [-0.2, -0.15) is 5.10 Å². The van der Waals surface area contributed by atoms with Crippen LogP contribution in [0.15, 0.2) is 69.4 Å². The topological polar surface area (TPSA) is 54.4 Å². The van der Waals surface area contributed by atoms with E-state index in [0.29, 0.717) is 5.56 Å². The minimum atomic E-state index is -0.212. The Bertz CT molecular complexity index is 1100. The van der Waals surface area contributed by atoms with Gasteiger partial charge in [-0.3, -0.25) is 4.79 Å². The summed E-state index contributed by atoms with van der Waals surface area (Å²) >= 11 is 5.01. The molecule has 0 radical (unpaired) electrons. The lowest BCUT2D eigenvalue weighted by Crippen LogP contribution is -2.17. The van der Waals surface area contributed by atoms with Crippen LogP contribution in [0.25, 0.3) is 10.2 Å². The van der Waals surface area contributed by atoms with E-state index in [0.717, 1.165) is 31.6 Å². The first-order chi connectivity index (χ1) is 13.7. The lowest BCUT2D eigenvalue weighted by Gasteiger charge is -2.02. The third-order valence-electron chi connectivity index (χ3n) is 4.10. The molecule has 4 aromatic rings. The molecule has 2 heterocycles. The second kappa shape index (κ2) is 8.68. The molecule has 0 bridgehead atoms. The number of rotatable bonds is 6. The summed E-state index contributed by atoms with van der Waals surface area (Å²) in [4.78, 5) is 17.9. The zero-order chi connectivity index (χ0) is 19.3. The van der Waals surface area contributed by atoms with Crippen molar-refractivity contribution in [1.82, 2.24) is 10.4 Å². The molecule has 0 aliphatic heterocycles. The van der Waals surface area contributed by atoms with Crippen LogP contribution >= 0.6 is 34.4 Å². The molecule has 0 aliphatic rings. The number of amides is 1. The molecule has 0 spiro atoms. The number of fused-ring (bicyclic) bond motifs is 1. The highest BCUT2D eigenvalue weighted by atomic mass is 32.2. The van der Waals surface area contributed by atoms with Crippen LogP contribution in [0.5, 0.6) is 0 Å². The van der Waals surface area contributed by atoms with Crippen molar-refractivity contribution in [3.63, 3.8) is 0 Å². The van der Waals surface area contributed by atoms with E-state index < -0.39 is 0 Å². The average molecular weight is 424 g/mol. The van der Waals surface area contributed by atoms with Gasteiger partial charge >= 0.3 is 0 Å². The van der Waals surface area contributed by atoms with Gasteiger partial charge in [-0.1, -0.05) is 36.0 Å². The van der Waals surface area contributed by atoms with Gasteiger partial charge in [0.25, 0.3) is 5.91 Å². The standard InChI is InChI=1S/C21H17N3OS3/c1-14-10-11-26-19(14)12-22-24-20(25)16-8-6-15(7-9-16)13-27-21-23-17-4-2-3-5-18(17)28-21/h2-12H,13H2,1H3,(H,24,25). The first-order valence-electron chi connectivity index (χ1n) is 8.64. The van der Waals surface area contributed by atoms with Crippen LogP contribution in [-0.2, 0) is 5.75 Å². The molecule has 1 N–H and O–H groups in total. The molecule has 4 nitrogen and oxygen atoms in total. The average Bonchev–Trinajstić information content (AvgIpc) is 3.32. The van der Waals surface area contributed by atoms with E-state index in [1.807, 2.05) is 60.8 Å². The summed E-state index contributed by atoms with van der Waals surface area (Å²) in [5, 5.41) is 6.05. The Kier molecular flexibility index (Phi) is 5.85. The van der Waals surface area contributed by atoms with Gasteiger partial charge in [0, 0.05) is 16.2 Å². The summed E-state index contributed by atoms with van der Waals surface area (Å²) in [5.41, 5.74) is 6.52. The van der Waals surface area contributed by atoms with Gasteiger partial charge < -0.3 is 0 Å². The van der Waals surface area contributed by atoms with Crippen molar-refractivity contribution in [3.8, 4) is 0 Å². The first-order valence-corrected chi connectivity index (χ1v) is 11.3. The van der Waals surface area contributed by atoms with E-state index in [-0.39, 0.29) is 5.91 Å². The number of carbonyl (C=O) groups is 1. The van der Waals surface area contributed by atoms with Gasteiger partial charge in [0.05, 0.1) is 16.4 Å². The maximum absolute atomic E-state index is 12.2. The number of aryl methyl sites for hydroxylation is 1. The van der Waals surface area contributed by atoms with E-state index in [2.05, 4.69) is 21.6 Å². The number of carbonyl (C=O) groups excluding carboxylic acids is 1. The minimum Gasteiger partial charge on any atom is -0.267 e. The van der Waals surface area contributed by atoms with Crippen LogP contribution in [0.4, 0.5) is 0 Å². The summed E-state index contributed by atoms with van der Waals surface area (Å²) in [5.74, 6) is 0.605. The molecule has 4 rings (SSSR count). The molecule has 2 aromatic heterocycles. The number of hydrogen-bond donors (Lipinski definition) is 1. The lowest BCUT2D eigenvalue weighted by atomic mass is 10.1. The number of nitrogens with zero attached hydrogens (tertiary/aromatic N) is 2. The summed E-state index contributed by atoms with van der Waals surface area (Å²) < 4.78 is 2.26. The Morgan fingerprint density at radius 3 is 2.75 bits per heavy atom. The van der Waals surface area contributed by atoms with Gasteiger partial charge in [-0.15, -0.1) is 22.7 Å². The van der Waals surface area contributed by atoms with Gasteiger partial charge in [0.15, 0.2) is 4.34 Å². The Labute approximate surface area is 175 Å². The first kappa shape index (κ1) is 18.9. The van der Waals surface area contributed by atoms with Crippen molar-refractivity contribution in [2.75, 3.05) is 0 Å². The fourth-order valence-corrected chi connectivity index (χ4v) is 5.35. The third-order valence-corrected chi connectivity index (χ3v) is 7.31.